The van der Waals surface area contributed by atoms with E-state index in [1.165, 1.54) is 31.2 Å². The van der Waals surface area contributed by atoms with Crippen LogP contribution >= 0.6 is 0 Å². The van der Waals surface area contributed by atoms with Crippen LogP contribution in [0.25, 0.3) is 0 Å². The quantitative estimate of drug-likeness (QED) is 0.748. The first-order valence-electron chi connectivity index (χ1n) is 4.82. The lowest BCUT2D eigenvalue weighted by Gasteiger charge is -2.07. The minimum atomic E-state index is -0.0645. The smallest absolute Gasteiger partial charge is 0.153 e. The Hall–Kier alpha value is -0.960. The first-order valence-corrected chi connectivity index (χ1v) is 4.82. The highest BCUT2D eigenvalue weighted by atomic mass is 16.3. The number of aliphatic hydroxyl groups is 1. The molecule has 0 bridgehead atoms. The molecule has 3 heteroatoms. The van der Waals surface area contributed by atoms with E-state index >= 15 is 0 Å². The van der Waals surface area contributed by atoms with Crippen molar-refractivity contribution in [2.45, 2.75) is 38.2 Å². The maximum Gasteiger partial charge on any atom is 0.153 e. The summed E-state index contributed by atoms with van der Waals surface area (Å²) in [7, 11) is 0. The third-order valence-electron chi connectivity index (χ3n) is 2.69. The fraction of sp³-hybridized carbons (Fsp3) is 0.600. The fourth-order valence-electron chi connectivity index (χ4n) is 1.92. The van der Waals surface area contributed by atoms with Crippen LogP contribution in [0.4, 0.5) is 0 Å². The molecule has 1 aliphatic rings. The molecule has 70 valence electrons. The van der Waals surface area contributed by atoms with Gasteiger partial charge in [-0.05, 0) is 24.3 Å². The highest BCUT2D eigenvalue weighted by molar-refractivity contribution is 5.12. The highest BCUT2D eigenvalue weighted by Gasteiger charge is 2.17. The van der Waals surface area contributed by atoms with Crippen molar-refractivity contribution in [2.24, 2.45) is 0 Å². The summed E-state index contributed by atoms with van der Waals surface area (Å²) >= 11 is 0. The molecule has 0 unspecified atom stereocenters. The predicted molar refractivity (Wildman–Crippen MR) is 49.2 cm³/mol. The number of aromatic nitrogens is 2. The Morgan fingerprint density at radius 3 is 2.38 bits per heavy atom. The second-order valence-electron chi connectivity index (χ2n) is 3.57. The van der Waals surface area contributed by atoms with Crippen molar-refractivity contribution >= 4 is 0 Å². The van der Waals surface area contributed by atoms with Gasteiger partial charge in [-0.1, -0.05) is 12.8 Å². The summed E-state index contributed by atoms with van der Waals surface area (Å²) in [6, 6.07) is 0. The average molecular weight is 178 g/mol. The summed E-state index contributed by atoms with van der Waals surface area (Å²) < 4.78 is 0. The topological polar surface area (TPSA) is 46.0 Å². The number of aliphatic hydroxyl groups excluding tert-OH is 1. The fourth-order valence-corrected chi connectivity index (χ4v) is 1.92. The molecule has 1 heterocycles. The summed E-state index contributed by atoms with van der Waals surface area (Å²) in [5.41, 5.74) is 1.23. The Labute approximate surface area is 77.8 Å². The van der Waals surface area contributed by atoms with Crippen LogP contribution in [0.1, 0.15) is 43.0 Å². The van der Waals surface area contributed by atoms with Crippen LogP contribution < -0.4 is 0 Å². The van der Waals surface area contributed by atoms with Gasteiger partial charge in [-0.25, -0.2) is 9.97 Å². The molecular formula is C10H14N2O. The van der Waals surface area contributed by atoms with Gasteiger partial charge in [0.05, 0.1) is 0 Å². The maximum atomic E-state index is 8.77. The zero-order chi connectivity index (χ0) is 9.10. The average Bonchev–Trinajstić information content (AvgIpc) is 2.71. The van der Waals surface area contributed by atoms with Crippen molar-refractivity contribution in [3.05, 3.63) is 23.8 Å². The molecule has 1 aliphatic carbocycles. The van der Waals surface area contributed by atoms with Gasteiger partial charge in [0, 0.05) is 12.4 Å². The molecule has 0 aromatic carbocycles. The number of rotatable bonds is 2. The Balaban J connectivity index is 2.12. The van der Waals surface area contributed by atoms with E-state index in [0.29, 0.717) is 11.7 Å². The van der Waals surface area contributed by atoms with Gasteiger partial charge in [0.2, 0.25) is 0 Å². The van der Waals surface area contributed by atoms with Gasteiger partial charge in [0.1, 0.15) is 6.61 Å². The molecule has 2 rings (SSSR count). The van der Waals surface area contributed by atoms with Gasteiger partial charge in [0.15, 0.2) is 5.82 Å². The zero-order valence-electron chi connectivity index (χ0n) is 7.61. The lowest BCUT2D eigenvalue weighted by Crippen LogP contribution is -1.99. The summed E-state index contributed by atoms with van der Waals surface area (Å²) in [6.45, 7) is -0.0645. The van der Waals surface area contributed by atoms with Gasteiger partial charge >= 0.3 is 0 Å². The van der Waals surface area contributed by atoms with Gasteiger partial charge in [-0.2, -0.15) is 0 Å². The summed E-state index contributed by atoms with van der Waals surface area (Å²) in [5.74, 6) is 1.18. The molecule has 3 nitrogen and oxygen atoms in total. The summed E-state index contributed by atoms with van der Waals surface area (Å²) in [4.78, 5) is 8.16. The molecule has 0 spiro atoms. The SMILES string of the molecule is OCc1ncc(C2CCCC2)cn1. The van der Waals surface area contributed by atoms with Crippen molar-refractivity contribution in [3.63, 3.8) is 0 Å². The molecule has 0 saturated heterocycles. The lowest BCUT2D eigenvalue weighted by molar-refractivity contribution is 0.271. The van der Waals surface area contributed by atoms with E-state index < -0.39 is 0 Å². The van der Waals surface area contributed by atoms with E-state index in [9.17, 15) is 0 Å². The van der Waals surface area contributed by atoms with E-state index in [4.69, 9.17) is 5.11 Å². The van der Waals surface area contributed by atoms with Crippen LogP contribution in [-0.2, 0) is 6.61 Å². The van der Waals surface area contributed by atoms with Crippen LogP contribution in [-0.4, -0.2) is 15.1 Å². The predicted octanol–water partition coefficient (Wildman–Crippen LogP) is 1.63. The first-order chi connectivity index (χ1) is 6.40. The standard InChI is InChI=1S/C10H14N2O/c13-7-10-11-5-9(6-12-10)8-3-1-2-4-8/h5-6,8,13H,1-4,7H2. The molecular weight excluding hydrogens is 164 g/mol. The van der Waals surface area contributed by atoms with Crippen molar-refractivity contribution in [3.8, 4) is 0 Å². The minimum Gasteiger partial charge on any atom is -0.388 e. The van der Waals surface area contributed by atoms with Crippen molar-refractivity contribution in [1.82, 2.24) is 9.97 Å². The molecule has 0 amide bonds. The van der Waals surface area contributed by atoms with Crippen LogP contribution in [0, 0.1) is 0 Å². The first kappa shape index (κ1) is 8.63. The Kier molecular flexibility index (Phi) is 2.54. The van der Waals surface area contributed by atoms with E-state index in [1.807, 2.05) is 12.4 Å². The molecule has 1 fully saturated rings. The second kappa shape index (κ2) is 3.83. The monoisotopic (exact) mass is 178 g/mol. The maximum absolute atomic E-state index is 8.77. The third kappa shape index (κ3) is 1.86. The lowest BCUT2D eigenvalue weighted by atomic mass is 10.0. The Morgan fingerprint density at radius 2 is 1.85 bits per heavy atom. The summed E-state index contributed by atoms with van der Waals surface area (Å²) in [5, 5.41) is 8.77. The van der Waals surface area contributed by atoms with E-state index in [-0.39, 0.29) is 6.61 Å². The van der Waals surface area contributed by atoms with Crippen LogP contribution in [0.3, 0.4) is 0 Å². The van der Waals surface area contributed by atoms with Crippen molar-refractivity contribution in [1.29, 1.82) is 0 Å². The Morgan fingerprint density at radius 1 is 1.23 bits per heavy atom. The van der Waals surface area contributed by atoms with Crippen molar-refractivity contribution in [2.75, 3.05) is 0 Å². The van der Waals surface area contributed by atoms with Gasteiger partial charge < -0.3 is 5.11 Å². The highest BCUT2D eigenvalue weighted by Crippen LogP contribution is 2.33. The number of nitrogens with zero attached hydrogens (tertiary/aromatic N) is 2. The molecule has 0 aliphatic heterocycles. The second-order valence-corrected chi connectivity index (χ2v) is 3.57. The van der Waals surface area contributed by atoms with E-state index in [2.05, 4.69) is 9.97 Å². The Bertz CT molecular complexity index is 265. The number of hydrogen-bond acceptors (Lipinski definition) is 3. The summed E-state index contributed by atoms with van der Waals surface area (Å²) in [6.07, 6.45) is 8.89. The molecule has 1 aromatic rings. The van der Waals surface area contributed by atoms with E-state index in [0.717, 1.165) is 0 Å². The van der Waals surface area contributed by atoms with Crippen LogP contribution in [0.15, 0.2) is 12.4 Å². The third-order valence-corrected chi connectivity index (χ3v) is 2.69. The van der Waals surface area contributed by atoms with Crippen molar-refractivity contribution < 1.29 is 5.11 Å². The number of hydrogen-bond donors (Lipinski definition) is 1. The largest absolute Gasteiger partial charge is 0.388 e. The van der Waals surface area contributed by atoms with Gasteiger partial charge in [-0.3, -0.25) is 0 Å². The molecule has 1 N–H and O–H groups in total. The van der Waals surface area contributed by atoms with Gasteiger partial charge in [0.25, 0.3) is 0 Å². The van der Waals surface area contributed by atoms with E-state index in [1.54, 1.807) is 0 Å². The molecule has 0 atom stereocenters. The normalized spacial score (nSPS) is 17.9. The van der Waals surface area contributed by atoms with Gasteiger partial charge in [-0.15, -0.1) is 0 Å². The molecule has 0 radical (unpaired) electrons. The minimum absolute atomic E-state index is 0.0645. The zero-order valence-corrected chi connectivity index (χ0v) is 7.61. The van der Waals surface area contributed by atoms with Crippen LogP contribution in [0.5, 0.6) is 0 Å². The molecule has 1 saturated carbocycles. The molecule has 13 heavy (non-hydrogen) atoms. The van der Waals surface area contributed by atoms with Crippen LogP contribution in [0.2, 0.25) is 0 Å². The molecule has 1 aromatic heterocycles.